The van der Waals surface area contributed by atoms with E-state index in [0.29, 0.717) is 43.7 Å². The van der Waals surface area contributed by atoms with Crippen LogP contribution in [0.15, 0.2) is 41.2 Å². The Morgan fingerprint density at radius 1 is 1.00 bits per heavy atom. The molecule has 0 unspecified atom stereocenters. The number of hydrogen-bond donors (Lipinski definition) is 1. The predicted octanol–water partition coefficient (Wildman–Crippen LogP) is 3.64. The largest absolute Gasteiger partial charge is 0.339 e. The van der Waals surface area contributed by atoms with Crippen molar-refractivity contribution in [3.63, 3.8) is 0 Å². The average molecular weight is 491 g/mol. The Kier molecular flexibility index (Phi) is 6.14. The molecule has 36 heavy (non-hydrogen) atoms. The van der Waals surface area contributed by atoms with E-state index in [1.807, 2.05) is 23.1 Å². The summed E-state index contributed by atoms with van der Waals surface area (Å²) >= 11 is 0. The molecule has 1 N–H and O–H groups in total. The number of H-pyrrole nitrogens is 1. The molecule has 1 aliphatic carbocycles. The van der Waals surface area contributed by atoms with Gasteiger partial charge in [0.2, 0.25) is 5.91 Å². The third-order valence-corrected chi connectivity index (χ3v) is 7.17. The van der Waals surface area contributed by atoms with Crippen LogP contribution < -0.4 is 5.56 Å². The summed E-state index contributed by atoms with van der Waals surface area (Å²) in [5, 5.41) is 8.15. The van der Waals surface area contributed by atoms with E-state index in [0.717, 1.165) is 29.4 Å². The van der Waals surface area contributed by atoms with E-state index >= 15 is 0 Å². The first-order valence-corrected chi connectivity index (χ1v) is 12.5. The minimum absolute atomic E-state index is 0.0126. The van der Waals surface area contributed by atoms with E-state index in [9.17, 15) is 18.8 Å². The molecule has 7 nitrogen and oxygen atoms in total. The van der Waals surface area contributed by atoms with Gasteiger partial charge in [0.1, 0.15) is 5.82 Å². The van der Waals surface area contributed by atoms with E-state index in [1.54, 1.807) is 17.0 Å². The highest BCUT2D eigenvalue weighted by atomic mass is 19.1. The minimum atomic E-state index is -0.574. The highest BCUT2D eigenvalue weighted by Crippen LogP contribution is 2.31. The number of carbonyl (C=O) groups excluding carboxylic acids is 2. The van der Waals surface area contributed by atoms with Gasteiger partial charge in [-0.2, -0.15) is 5.10 Å². The highest BCUT2D eigenvalue weighted by Gasteiger charge is 2.35. The Morgan fingerprint density at radius 3 is 2.36 bits per heavy atom. The van der Waals surface area contributed by atoms with Crippen LogP contribution in [-0.4, -0.2) is 58.0 Å². The van der Waals surface area contributed by atoms with E-state index in [2.05, 4.69) is 31.0 Å². The number of hydrogen-bond acceptors (Lipinski definition) is 4. The van der Waals surface area contributed by atoms with Gasteiger partial charge in [0.05, 0.1) is 16.6 Å². The first kappa shape index (κ1) is 24.2. The maximum absolute atomic E-state index is 14.7. The molecule has 1 aliphatic heterocycles. The molecule has 1 saturated heterocycles. The molecule has 0 atom stereocenters. The van der Waals surface area contributed by atoms with Crippen LogP contribution in [0.1, 0.15) is 60.8 Å². The normalized spacial score (nSPS) is 16.4. The second-order valence-electron chi connectivity index (χ2n) is 10.9. The van der Waals surface area contributed by atoms with Crippen molar-refractivity contribution in [2.24, 2.45) is 5.92 Å². The van der Waals surface area contributed by atoms with E-state index < -0.39 is 5.82 Å². The van der Waals surface area contributed by atoms with Crippen molar-refractivity contribution in [1.82, 2.24) is 20.0 Å². The quantitative estimate of drug-likeness (QED) is 0.605. The summed E-state index contributed by atoms with van der Waals surface area (Å²) in [5.41, 5.74) is 2.12. The topological polar surface area (TPSA) is 86.4 Å². The van der Waals surface area contributed by atoms with E-state index in [1.165, 1.54) is 6.07 Å². The van der Waals surface area contributed by atoms with Crippen LogP contribution in [0, 0.1) is 11.7 Å². The van der Waals surface area contributed by atoms with Gasteiger partial charge in [-0.25, -0.2) is 9.49 Å². The molecule has 188 valence electrons. The number of piperazine rings is 1. The summed E-state index contributed by atoms with van der Waals surface area (Å²) in [6, 6.07) is 10.3. The molecule has 0 spiro atoms. The summed E-state index contributed by atoms with van der Waals surface area (Å²) in [5.74, 6) is -0.624. The van der Waals surface area contributed by atoms with E-state index in [4.69, 9.17) is 0 Å². The van der Waals surface area contributed by atoms with Gasteiger partial charge in [0.15, 0.2) is 0 Å². The number of halogens is 1. The van der Waals surface area contributed by atoms with Crippen LogP contribution in [-0.2, 0) is 16.6 Å². The third-order valence-electron chi connectivity index (χ3n) is 7.17. The molecule has 3 aromatic rings. The smallest absolute Gasteiger partial charge is 0.272 e. The zero-order valence-electron chi connectivity index (χ0n) is 20.9. The number of nitrogens with zero attached hydrogens (tertiary/aromatic N) is 3. The van der Waals surface area contributed by atoms with Gasteiger partial charge in [-0.05, 0) is 53.6 Å². The molecule has 2 fully saturated rings. The minimum Gasteiger partial charge on any atom is -0.339 e. The van der Waals surface area contributed by atoms with Crippen molar-refractivity contribution >= 4 is 22.6 Å². The SMILES string of the molecule is CC(C)(C)c1ccc2c(=O)[nH]nc(Cc3ccc(F)c(C(=O)N4CCN(C(=O)C5CC5)CC4)c3)c2c1. The number of amides is 2. The number of fused-ring (bicyclic) bond motifs is 1. The van der Waals surface area contributed by atoms with Crippen LogP contribution in [0.5, 0.6) is 0 Å². The number of rotatable bonds is 4. The molecule has 8 heteroatoms. The van der Waals surface area contributed by atoms with Crippen molar-refractivity contribution in [1.29, 1.82) is 0 Å². The predicted molar refractivity (Wildman–Crippen MR) is 135 cm³/mol. The molecule has 2 amide bonds. The molecule has 0 radical (unpaired) electrons. The average Bonchev–Trinajstić information content (AvgIpc) is 3.71. The Balaban J connectivity index is 1.38. The Hall–Kier alpha value is -3.55. The molecule has 0 bridgehead atoms. The maximum Gasteiger partial charge on any atom is 0.272 e. The molecule has 1 saturated carbocycles. The number of nitrogens with one attached hydrogen (secondary N) is 1. The van der Waals surface area contributed by atoms with Gasteiger partial charge in [-0.3, -0.25) is 14.4 Å². The van der Waals surface area contributed by atoms with Crippen LogP contribution >= 0.6 is 0 Å². The number of carbonyl (C=O) groups is 2. The molecular weight excluding hydrogens is 459 g/mol. The molecule has 1 aromatic heterocycles. The Bertz CT molecular complexity index is 1400. The van der Waals surface area contributed by atoms with Gasteiger partial charge < -0.3 is 9.80 Å². The molecule has 2 aliphatic rings. The zero-order valence-corrected chi connectivity index (χ0v) is 20.9. The molecular formula is C28H31FN4O3. The monoisotopic (exact) mass is 490 g/mol. The van der Waals surface area contributed by atoms with Gasteiger partial charge >= 0.3 is 0 Å². The lowest BCUT2D eigenvalue weighted by Crippen LogP contribution is -2.51. The fourth-order valence-electron chi connectivity index (χ4n) is 4.75. The molecule has 2 aromatic carbocycles. The van der Waals surface area contributed by atoms with Gasteiger partial charge in [-0.15, -0.1) is 0 Å². The Labute approximate surface area is 209 Å². The van der Waals surface area contributed by atoms with Crippen molar-refractivity contribution in [3.05, 3.63) is 75.0 Å². The van der Waals surface area contributed by atoms with E-state index in [-0.39, 0.29) is 34.3 Å². The zero-order chi connectivity index (χ0) is 25.6. The van der Waals surface area contributed by atoms with Crippen molar-refractivity contribution in [2.75, 3.05) is 26.2 Å². The first-order chi connectivity index (χ1) is 17.1. The van der Waals surface area contributed by atoms with Crippen LogP contribution in [0.3, 0.4) is 0 Å². The summed E-state index contributed by atoms with van der Waals surface area (Å²) in [6.45, 7) is 8.05. The van der Waals surface area contributed by atoms with Crippen molar-refractivity contribution < 1.29 is 14.0 Å². The fraction of sp³-hybridized carbons (Fsp3) is 0.429. The maximum atomic E-state index is 14.7. The van der Waals surface area contributed by atoms with Crippen LogP contribution in [0.4, 0.5) is 4.39 Å². The first-order valence-electron chi connectivity index (χ1n) is 12.5. The van der Waals surface area contributed by atoms with Gasteiger partial charge in [0.25, 0.3) is 11.5 Å². The summed E-state index contributed by atoms with van der Waals surface area (Å²) < 4.78 is 14.7. The molecule has 5 rings (SSSR count). The summed E-state index contributed by atoms with van der Waals surface area (Å²) in [7, 11) is 0. The number of benzene rings is 2. The third kappa shape index (κ3) is 4.76. The second-order valence-corrected chi connectivity index (χ2v) is 10.9. The lowest BCUT2D eigenvalue weighted by Gasteiger charge is -2.35. The van der Waals surface area contributed by atoms with Gasteiger partial charge in [0, 0.05) is 43.9 Å². The van der Waals surface area contributed by atoms with Crippen LogP contribution in [0.25, 0.3) is 10.8 Å². The second kappa shape index (κ2) is 9.15. The standard InChI is InChI=1S/C28H31FN4O3/c1-28(2,3)19-7-8-20-21(16-19)24(30-31-25(20)34)15-17-4-9-23(29)22(14-17)27(36)33-12-10-32(11-13-33)26(35)18-5-6-18/h4,7-9,14,16,18H,5-6,10-13,15H2,1-3H3,(H,31,34). The van der Waals surface area contributed by atoms with Crippen LogP contribution in [0.2, 0.25) is 0 Å². The summed E-state index contributed by atoms with van der Waals surface area (Å²) in [4.78, 5) is 41.3. The lowest BCUT2D eigenvalue weighted by molar-refractivity contribution is -0.134. The number of aromatic amines is 1. The summed E-state index contributed by atoms with van der Waals surface area (Å²) in [6.07, 6.45) is 2.24. The highest BCUT2D eigenvalue weighted by molar-refractivity contribution is 5.95. The van der Waals surface area contributed by atoms with Crippen molar-refractivity contribution in [2.45, 2.75) is 45.4 Å². The Morgan fingerprint density at radius 2 is 1.69 bits per heavy atom. The van der Waals surface area contributed by atoms with Gasteiger partial charge in [-0.1, -0.05) is 32.9 Å². The fourth-order valence-corrected chi connectivity index (χ4v) is 4.75. The van der Waals surface area contributed by atoms with Crippen molar-refractivity contribution in [3.8, 4) is 0 Å². The lowest BCUT2D eigenvalue weighted by atomic mass is 9.85. The molecule has 2 heterocycles. The number of aromatic nitrogens is 2.